The molecular formula is C56H94N4O40. The molecule has 39 atom stereocenters. The molecular weight excluding hydrogens is 1370 g/mol. The molecule has 7 rings (SSSR count). The van der Waals surface area contributed by atoms with Gasteiger partial charge in [0.1, 0.15) is 195 Å². The van der Waals surface area contributed by atoms with Gasteiger partial charge in [0, 0.05) is 27.7 Å². The van der Waals surface area contributed by atoms with E-state index >= 15 is 0 Å². The van der Waals surface area contributed by atoms with E-state index in [4.69, 9.17) is 66.3 Å². The third-order valence-electron chi connectivity index (χ3n) is 17.7. The number of nitrogens with one attached hydrogen (secondary N) is 4. The van der Waals surface area contributed by atoms with Gasteiger partial charge in [-0.05, 0) is 6.92 Å². The zero-order valence-corrected chi connectivity index (χ0v) is 54.2. The average Bonchev–Trinajstić information content (AvgIpc) is 0.775. The second-order valence-electron chi connectivity index (χ2n) is 25.0. The van der Waals surface area contributed by atoms with Crippen molar-refractivity contribution >= 4 is 29.9 Å². The summed E-state index contributed by atoms with van der Waals surface area (Å²) in [5.74, 6) is -3.59. The van der Waals surface area contributed by atoms with Gasteiger partial charge in [0.15, 0.2) is 44.0 Å². The highest BCUT2D eigenvalue weighted by Crippen LogP contribution is 2.38. The van der Waals surface area contributed by atoms with Crippen LogP contribution in [0.4, 0.5) is 0 Å². The van der Waals surface area contributed by atoms with E-state index in [0.29, 0.717) is 0 Å². The van der Waals surface area contributed by atoms with Crippen molar-refractivity contribution in [2.24, 2.45) is 0 Å². The van der Waals surface area contributed by atoms with Gasteiger partial charge in [0.05, 0.1) is 52.4 Å². The van der Waals surface area contributed by atoms with E-state index in [2.05, 4.69) is 21.3 Å². The molecule has 7 saturated heterocycles. The lowest BCUT2D eigenvalue weighted by Gasteiger charge is -2.50. The molecule has 0 aromatic rings. The van der Waals surface area contributed by atoms with Gasteiger partial charge in [-0.3, -0.25) is 19.2 Å². The number of aliphatic hydroxyl groups excluding tert-OH is 21. The minimum Gasteiger partial charge on any atom is -0.394 e. The Hall–Kier alpha value is -3.85. The number of carbonyl (C=O) groups excluding carboxylic acids is 5. The number of aliphatic hydroxyl groups is 21. The largest absolute Gasteiger partial charge is 0.394 e. The van der Waals surface area contributed by atoms with Crippen molar-refractivity contribution in [2.75, 3.05) is 46.2 Å². The summed E-state index contributed by atoms with van der Waals surface area (Å²) in [5.41, 5.74) is 0. The maximum Gasteiger partial charge on any atom is 0.217 e. The van der Waals surface area contributed by atoms with E-state index in [1.54, 1.807) is 0 Å². The second kappa shape index (κ2) is 36.9. The van der Waals surface area contributed by atoms with E-state index < -0.39 is 309 Å². The topological polar surface area (TPSA) is 688 Å². The molecule has 0 radical (unpaired) electrons. The molecule has 0 spiro atoms. The molecule has 7 aliphatic rings. The molecule has 39 unspecified atom stereocenters. The quantitative estimate of drug-likeness (QED) is 0.0309. The first kappa shape index (κ1) is 83.4. The Bertz CT molecular complexity index is 2600. The summed E-state index contributed by atoms with van der Waals surface area (Å²) < 4.78 is 82.3. The van der Waals surface area contributed by atoms with Crippen molar-refractivity contribution in [3.05, 3.63) is 0 Å². The Balaban J connectivity index is 1.26. The van der Waals surface area contributed by atoms with Crippen molar-refractivity contribution in [3.8, 4) is 0 Å². The Kier molecular flexibility index (Phi) is 30.8. The molecule has 7 fully saturated rings. The van der Waals surface area contributed by atoms with Gasteiger partial charge in [-0.25, -0.2) is 0 Å². The molecule has 44 heteroatoms. The Labute approximate surface area is 567 Å². The number of carbonyl (C=O) groups is 5. The zero-order valence-electron chi connectivity index (χ0n) is 54.2. The number of hydrogen-bond donors (Lipinski definition) is 25. The molecule has 7 heterocycles. The Morgan fingerprint density at radius 3 is 1.26 bits per heavy atom. The Morgan fingerprint density at radius 2 is 0.800 bits per heavy atom. The number of hydrogen-bond acceptors (Lipinski definition) is 40. The van der Waals surface area contributed by atoms with Crippen molar-refractivity contribution in [1.29, 1.82) is 0 Å². The standard InChI is InChI=1S/C56H94N4O40/c1-14-30(72)40(82)43(85)53(89-14)87-12-20(71)45(31(73)19(6-61)57-15(2)67)96-52-29(60-18(5)70)39(81)46(25(11-66)94-52)97-54-44(86)47(98-56-49(42(84)35(77)24(10-65)93-56)100-51-28(59-17(4)69)38(80)33(75)22(8-63)91-51)36(78)26(95-54)13-88-55-48(41(83)34(76)23(9-64)92-55)99-50-27(58-16(3)68)37(79)32(74)21(7-62)90-50/h6,14,19-56,62-66,71-86H,7-13H2,1-5H3,(H,57,67)(H,58,68)(H,59,69)(H,60,70). The van der Waals surface area contributed by atoms with Crippen molar-refractivity contribution < 1.29 is 198 Å². The van der Waals surface area contributed by atoms with Crippen LogP contribution in [0, 0.1) is 0 Å². The first-order valence-electron chi connectivity index (χ1n) is 31.7. The van der Waals surface area contributed by atoms with E-state index in [9.17, 15) is 131 Å². The van der Waals surface area contributed by atoms with E-state index in [-0.39, 0.29) is 6.29 Å². The smallest absolute Gasteiger partial charge is 0.217 e. The van der Waals surface area contributed by atoms with E-state index in [0.717, 1.165) is 27.7 Å². The van der Waals surface area contributed by atoms with Gasteiger partial charge < -0.3 is 200 Å². The van der Waals surface area contributed by atoms with Crippen molar-refractivity contribution in [1.82, 2.24) is 21.3 Å². The SMILES string of the molecule is CC(=O)NC(C=O)C(O)C(OC1OC(CO)C(OC2OC(COC3OC(CO)C(O)C(O)C3OC3OC(CO)C(O)C(O)C3NC(C)=O)C(O)C(OC3OC(CO)C(O)C(O)C3OC3OC(CO)C(O)C(O)C3NC(C)=O)C2O)C(O)C1NC(C)=O)C(O)COC1OC(C)C(O)C(O)C1O. The van der Waals surface area contributed by atoms with E-state index in [1.807, 2.05) is 0 Å². The fourth-order valence-corrected chi connectivity index (χ4v) is 12.3. The van der Waals surface area contributed by atoms with Gasteiger partial charge in [0.25, 0.3) is 0 Å². The molecule has 100 heavy (non-hydrogen) atoms. The highest BCUT2D eigenvalue weighted by atomic mass is 16.8. The number of aldehydes is 1. The lowest BCUT2D eigenvalue weighted by Crippen LogP contribution is -2.70. The summed E-state index contributed by atoms with van der Waals surface area (Å²) in [6.07, 6.45) is -71.7. The van der Waals surface area contributed by atoms with Gasteiger partial charge in [-0.2, -0.15) is 0 Å². The summed E-state index contributed by atoms with van der Waals surface area (Å²) in [6.45, 7) is -2.46. The molecule has 44 nitrogen and oxygen atoms in total. The van der Waals surface area contributed by atoms with Crippen LogP contribution in [0.2, 0.25) is 0 Å². The lowest BCUT2D eigenvalue weighted by molar-refractivity contribution is -0.395. The molecule has 0 aromatic carbocycles. The van der Waals surface area contributed by atoms with Crippen molar-refractivity contribution in [2.45, 2.75) is 274 Å². The van der Waals surface area contributed by atoms with Crippen LogP contribution in [-0.4, -0.2) is 423 Å². The normalized spacial score (nSPS) is 45.3. The van der Waals surface area contributed by atoms with Crippen molar-refractivity contribution in [3.63, 3.8) is 0 Å². The zero-order chi connectivity index (χ0) is 74.2. The molecule has 0 bridgehead atoms. The van der Waals surface area contributed by atoms with Crippen LogP contribution < -0.4 is 21.3 Å². The number of amides is 4. The van der Waals surface area contributed by atoms with Crippen LogP contribution in [0.3, 0.4) is 0 Å². The lowest BCUT2D eigenvalue weighted by atomic mass is 9.94. The summed E-state index contributed by atoms with van der Waals surface area (Å²) in [5, 5.41) is 242. The molecule has 0 aromatic heterocycles. The Morgan fingerprint density at radius 1 is 0.390 bits per heavy atom. The van der Waals surface area contributed by atoms with E-state index in [1.165, 1.54) is 6.92 Å². The molecule has 7 aliphatic heterocycles. The van der Waals surface area contributed by atoms with Crippen LogP contribution in [-0.2, 0) is 90.3 Å². The maximum atomic E-state index is 13.0. The predicted molar refractivity (Wildman–Crippen MR) is 311 cm³/mol. The highest BCUT2D eigenvalue weighted by Gasteiger charge is 2.59. The maximum absolute atomic E-state index is 13.0. The van der Waals surface area contributed by atoms with Crippen LogP contribution >= 0.6 is 0 Å². The summed E-state index contributed by atoms with van der Waals surface area (Å²) in [4.78, 5) is 62.4. The molecule has 0 saturated carbocycles. The van der Waals surface area contributed by atoms with Gasteiger partial charge >= 0.3 is 0 Å². The predicted octanol–water partition coefficient (Wildman–Crippen LogP) is -17.0. The van der Waals surface area contributed by atoms with Gasteiger partial charge in [0.2, 0.25) is 23.6 Å². The molecule has 578 valence electrons. The third-order valence-corrected chi connectivity index (χ3v) is 17.7. The third kappa shape index (κ3) is 19.2. The van der Waals surface area contributed by atoms with Crippen LogP contribution in [0.15, 0.2) is 0 Å². The van der Waals surface area contributed by atoms with Gasteiger partial charge in [-0.1, -0.05) is 0 Å². The first-order valence-corrected chi connectivity index (χ1v) is 31.7. The molecule has 0 aliphatic carbocycles. The minimum absolute atomic E-state index is 0.0219. The minimum atomic E-state index is -2.53. The average molecular weight is 1460 g/mol. The molecule has 4 amide bonds. The number of rotatable bonds is 29. The summed E-state index contributed by atoms with van der Waals surface area (Å²) >= 11 is 0. The monoisotopic (exact) mass is 1460 g/mol. The van der Waals surface area contributed by atoms with Crippen LogP contribution in [0.1, 0.15) is 34.6 Å². The van der Waals surface area contributed by atoms with Crippen LogP contribution in [0.5, 0.6) is 0 Å². The first-order chi connectivity index (χ1) is 47.2. The summed E-state index contributed by atoms with van der Waals surface area (Å²) in [6, 6.07) is -7.45. The van der Waals surface area contributed by atoms with Gasteiger partial charge in [-0.15, -0.1) is 0 Å². The second-order valence-corrected chi connectivity index (χ2v) is 25.0. The fourth-order valence-electron chi connectivity index (χ4n) is 12.3. The van der Waals surface area contributed by atoms with Crippen LogP contribution in [0.25, 0.3) is 0 Å². The molecule has 25 N–H and O–H groups in total. The summed E-state index contributed by atoms with van der Waals surface area (Å²) in [7, 11) is 0. The highest BCUT2D eigenvalue weighted by molar-refractivity contribution is 5.77. The fraction of sp³-hybridized carbons (Fsp3) is 0.911. The number of ether oxygens (including phenoxy) is 14.